The van der Waals surface area contributed by atoms with Gasteiger partial charge < -0.3 is 9.53 Å². The van der Waals surface area contributed by atoms with Gasteiger partial charge in [0.2, 0.25) is 0 Å². The number of hydrogen-bond acceptors (Lipinski definition) is 2. The molecule has 0 aliphatic carbocycles. The number of aliphatic hydroxyl groups is 1. The fourth-order valence-corrected chi connectivity index (χ4v) is 2.75. The normalized spacial score (nSPS) is 14.1. The van der Waals surface area contributed by atoms with Gasteiger partial charge in [-0.05, 0) is 24.6 Å². The minimum Gasteiger partial charge on any atom is -0.413 e. The van der Waals surface area contributed by atoms with Crippen LogP contribution in [0.4, 0.5) is 0 Å². The molecule has 0 radical (unpaired) electrons. The molecule has 1 atom stereocenters. The van der Waals surface area contributed by atoms with Gasteiger partial charge in [-0.15, -0.1) is 0 Å². The van der Waals surface area contributed by atoms with Gasteiger partial charge in [-0.25, -0.2) is 0 Å². The van der Waals surface area contributed by atoms with E-state index in [9.17, 15) is 0 Å². The summed E-state index contributed by atoms with van der Waals surface area (Å²) in [7, 11) is -1.70. The first-order valence-electron chi connectivity index (χ1n) is 6.49. The summed E-state index contributed by atoms with van der Waals surface area (Å²) >= 11 is 0. The first-order valence-corrected chi connectivity index (χ1v) is 9.40. The Bertz CT molecular complexity index is 268. The van der Waals surface area contributed by atoms with Crippen molar-refractivity contribution in [1.82, 2.24) is 0 Å². The van der Waals surface area contributed by atoms with Gasteiger partial charge in [0, 0.05) is 6.42 Å². The zero-order chi connectivity index (χ0) is 13.5. The van der Waals surface area contributed by atoms with E-state index in [2.05, 4.69) is 52.6 Å². The van der Waals surface area contributed by atoms with Gasteiger partial charge in [0.15, 0.2) is 8.32 Å². The topological polar surface area (TPSA) is 29.5 Å². The van der Waals surface area contributed by atoms with Gasteiger partial charge in [-0.1, -0.05) is 46.0 Å². The molecule has 17 heavy (non-hydrogen) atoms. The Hall–Kier alpha value is -0.303. The van der Waals surface area contributed by atoms with Crippen molar-refractivity contribution in [2.75, 3.05) is 6.61 Å². The lowest BCUT2D eigenvalue weighted by Gasteiger charge is -2.39. The number of hydrogen-bond donors (Lipinski definition) is 1. The fraction of sp³-hybridized carbons (Fsp3) is 0.857. The predicted octanol–water partition coefficient (Wildman–Crippen LogP) is 3.56. The summed E-state index contributed by atoms with van der Waals surface area (Å²) in [4.78, 5) is 0. The van der Waals surface area contributed by atoms with E-state index >= 15 is 0 Å². The Morgan fingerprint density at radius 2 is 1.82 bits per heavy atom. The third kappa shape index (κ3) is 6.26. The second-order valence-electron chi connectivity index (χ2n) is 6.00. The maximum Gasteiger partial charge on any atom is 0.192 e. The van der Waals surface area contributed by atoms with Crippen LogP contribution in [0, 0.1) is 11.8 Å². The summed E-state index contributed by atoms with van der Waals surface area (Å²) in [6, 6.07) is 0. The molecule has 0 aromatic heterocycles. The minimum atomic E-state index is -1.70. The summed E-state index contributed by atoms with van der Waals surface area (Å²) < 4.78 is 6.34. The molecule has 0 rings (SSSR count). The highest BCUT2D eigenvalue weighted by Crippen LogP contribution is 2.38. The Labute approximate surface area is 108 Å². The highest BCUT2D eigenvalue weighted by Gasteiger charge is 2.38. The van der Waals surface area contributed by atoms with Crippen LogP contribution in [0.3, 0.4) is 0 Å². The lowest BCUT2D eigenvalue weighted by atomic mass is 10.1. The van der Waals surface area contributed by atoms with Crippen molar-refractivity contribution in [1.29, 1.82) is 0 Å². The average molecular weight is 256 g/mol. The number of aliphatic hydroxyl groups excluding tert-OH is 1. The van der Waals surface area contributed by atoms with E-state index in [1.54, 1.807) is 0 Å². The summed E-state index contributed by atoms with van der Waals surface area (Å²) in [6.07, 6.45) is 3.12. The Morgan fingerprint density at radius 1 is 1.24 bits per heavy atom. The van der Waals surface area contributed by atoms with Gasteiger partial charge in [0.05, 0.1) is 6.10 Å². The van der Waals surface area contributed by atoms with Crippen LogP contribution in [-0.2, 0) is 4.43 Å². The molecule has 1 N–H and O–H groups in total. The van der Waals surface area contributed by atoms with Gasteiger partial charge in [-0.3, -0.25) is 0 Å². The van der Waals surface area contributed by atoms with E-state index in [0.29, 0.717) is 0 Å². The first kappa shape index (κ1) is 16.7. The van der Waals surface area contributed by atoms with Crippen molar-refractivity contribution in [2.45, 2.75) is 71.2 Å². The molecule has 0 saturated heterocycles. The van der Waals surface area contributed by atoms with E-state index in [1.165, 1.54) is 0 Å². The Balaban J connectivity index is 4.53. The molecule has 0 heterocycles. The molecule has 0 spiro atoms. The van der Waals surface area contributed by atoms with Crippen molar-refractivity contribution >= 4 is 8.32 Å². The smallest absolute Gasteiger partial charge is 0.192 e. The third-order valence-electron chi connectivity index (χ3n) is 3.41. The molecular formula is C14H28O2Si. The average Bonchev–Trinajstić information content (AvgIpc) is 2.16. The van der Waals surface area contributed by atoms with Crippen LogP contribution in [0.2, 0.25) is 18.1 Å². The molecule has 100 valence electrons. The molecule has 0 aliphatic rings. The number of rotatable bonds is 5. The minimum absolute atomic E-state index is 0.0566. The van der Waals surface area contributed by atoms with Gasteiger partial charge >= 0.3 is 0 Å². The summed E-state index contributed by atoms with van der Waals surface area (Å²) in [6.45, 7) is 13.4. The Kier molecular flexibility index (Phi) is 7.07. The van der Waals surface area contributed by atoms with Crippen LogP contribution in [0.1, 0.15) is 47.0 Å². The summed E-state index contributed by atoms with van der Waals surface area (Å²) in [5.74, 6) is 5.69. The lowest BCUT2D eigenvalue weighted by Crippen LogP contribution is -2.43. The second kappa shape index (κ2) is 7.20. The zero-order valence-corrected chi connectivity index (χ0v) is 13.3. The quantitative estimate of drug-likeness (QED) is 0.602. The van der Waals surface area contributed by atoms with Crippen molar-refractivity contribution in [2.24, 2.45) is 0 Å². The molecule has 0 aromatic rings. The standard InChI is InChI=1S/C14H28O2Si/c1-7-10-13(11-8-9-12-15)16-17(5,6)14(2,3)4/h13,15H,7,10-12H2,1-6H3/t13-/m0/s1. The molecule has 0 bridgehead atoms. The van der Waals surface area contributed by atoms with Crippen molar-refractivity contribution in [3.05, 3.63) is 0 Å². The van der Waals surface area contributed by atoms with Gasteiger partial charge in [0.25, 0.3) is 0 Å². The molecule has 0 unspecified atom stereocenters. The highest BCUT2D eigenvalue weighted by atomic mass is 28.4. The summed E-state index contributed by atoms with van der Waals surface area (Å²) in [5.41, 5.74) is 0. The molecule has 0 fully saturated rings. The third-order valence-corrected chi connectivity index (χ3v) is 7.95. The fourth-order valence-electron chi connectivity index (χ4n) is 1.36. The van der Waals surface area contributed by atoms with E-state index < -0.39 is 8.32 Å². The van der Waals surface area contributed by atoms with Crippen LogP contribution in [0.5, 0.6) is 0 Å². The lowest BCUT2D eigenvalue weighted by molar-refractivity contribution is 0.175. The van der Waals surface area contributed by atoms with E-state index in [-0.39, 0.29) is 17.7 Å². The maximum atomic E-state index is 8.67. The van der Waals surface area contributed by atoms with Crippen molar-refractivity contribution in [3.8, 4) is 11.8 Å². The maximum absolute atomic E-state index is 8.67. The van der Waals surface area contributed by atoms with Crippen LogP contribution >= 0.6 is 0 Å². The highest BCUT2D eigenvalue weighted by molar-refractivity contribution is 6.74. The predicted molar refractivity (Wildman–Crippen MR) is 76.5 cm³/mol. The molecular weight excluding hydrogens is 228 g/mol. The largest absolute Gasteiger partial charge is 0.413 e. The van der Waals surface area contributed by atoms with Gasteiger partial charge in [-0.2, -0.15) is 0 Å². The molecule has 3 heteroatoms. The van der Waals surface area contributed by atoms with Crippen molar-refractivity contribution in [3.63, 3.8) is 0 Å². The van der Waals surface area contributed by atoms with Crippen LogP contribution in [-0.4, -0.2) is 26.1 Å². The molecule has 0 saturated carbocycles. The van der Waals surface area contributed by atoms with E-state index in [1.807, 2.05) is 0 Å². The van der Waals surface area contributed by atoms with E-state index in [0.717, 1.165) is 19.3 Å². The van der Waals surface area contributed by atoms with Gasteiger partial charge in [0.1, 0.15) is 6.61 Å². The molecule has 0 amide bonds. The zero-order valence-electron chi connectivity index (χ0n) is 12.3. The SMILES string of the molecule is CCC[C@@H](CC#CCO)O[Si](C)(C)C(C)(C)C. The van der Waals surface area contributed by atoms with Crippen LogP contribution in [0.25, 0.3) is 0 Å². The van der Waals surface area contributed by atoms with Crippen LogP contribution in [0.15, 0.2) is 0 Å². The molecule has 2 nitrogen and oxygen atoms in total. The van der Waals surface area contributed by atoms with E-state index in [4.69, 9.17) is 9.53 Å². The molecule has 0 aliphatic heterocycles. The van der Waals surface area contributed by atoms with Crippen LogP contribution < -0.4 is 0 Å². The first-order chi connectivity index (χ1) is 7.74. The summed E-state index contributed by atoms with van der Waals surface area (Å²) in [5, 5.41) is 8.90. The second-order valence-corrected chi connectivity index (χ2v) is 10.8. The Morgan fingerprint density at radius 3 is 2.24 bits per heavy atom. The van der Waals surface area contributed by atoms with Crippen molar-refractivity contribution < 1.29 is 9.53 Å². The molecule has 0 aromatic carbocycles. The monoisotopic (exact) mass is 256 g/mol.